The summed E-state index contributed by atoms with van der Waals surface area (Å²) in [4.78, 5) is 12.7. The number of nitrogens with one attached hydrogen (secondary N) is 1. The maximum Gasteiger partial charge on any atom is 0.282 e. The highest BCUT2D eigenvalue weighted by atomic mass is 35.5. The number of aromatic nitrogens is 2. The summed E-state index contributed by atoms with van der Waals surface area (Å²) in [6.07, 6.45) is 1.27. The van der Waals surface area contributed by atoms with Crippen LogP contribution in [-0.2, 0) is 12.5 Å². The first kappa shape index (κ1) is 17.7. The minimum Gasteiger partial charge on any atom is -0.348 e. The van der Waals surface area contributed by atoms with Gasteiger partial charge in [0.25, 0.3) is 12.3 Å². The number of rotatable bonds is 4. The van der Waals surface area contributed by atoms with E-state index in [0.29, 0.717) is 16.0 Å². The molecule has 1 atom stereocenters. The Kier molecular flexibility index (Phi) is 4.23. The highest BCUT2D eigenvalue weighted by Gasteiger charge is 2.58. The number of carbonyl (C=O) groups excluding carboxylic acids is 1. The van der Waals surface area contributed by atoms with Crippen molar-refractivity contribution < 1.29 is 13.6 Å². The van der Waals surface area contributed by atoms with Crippen molar-refractivity contribution in [3.63, 3.8) is 0 Å². The second-order valence-electron chi connectivity index (χ2n) is 7.22. The largest absolute Gasteiger partial charge is 0.348 e. The van der Waals surface area contributed by atoms with Gasteiger partial charge >= 0.3 is 0 Å². The Bertz CT molecular complexity index is 877. The zero-order chi connectivity index (χ0) is 18.6. The predicted octanol–water partition coefficient (Wildman–Crippen LogP) is 4.51. The van der Waals surface area contributed by atoms with Crippen LogP contribution < -0.4 is 5.32 Å². The minimum atomic E-state index is -2.79. The average Bonchev–Trinajstić information content (AvgIpc) is 3.20. The molecule has 0 spiro atoms. The second kappa shape index (κ2) is 6.20. The highest BCUT2D eigenvalue weighted by Crippen LogP contribution is 2.60. The first-order valence-electron chi connectivity index (χ1n) is 8.38. The van der Waals surface area contributed by atoms with Crippen LogP contribution in [0.4, 0.5) is 8.78 Å². The monoisotopic (exact) mass is 399 g/mol. The van der Waals surface area contributed by atoms with Crippen LogP contribution in [0.15, 0.2) is 24.4 Å². The zero-order valence-electron chi connectivity index (χ0n) is 14.0. The number of benzene rings is 1. The van der Waals surface area contributed by atoms with Crippen LogP contribution >= 0.6 is 23.2 Å². The number of hydrogen-bond donors (Lipinski definition) is 1. The number of carbonyl (C=O) groups is 1. The molecule has 1 unspecified atom stereocenters. The van der Waals surface area contributed by atoms with Gasteiger partial charge in [0.1, 0.15) is 5.69 Å². The fourth-order valence-corrected chi connectivity index (χ4v) is 4.80. The van der Waals surface area contributed by atoms with Crippen molar-refractivity contribution in [3.8, 4) is 0 Å². The average molecular weight is 400 g/mol. The summed E-state index contributed by atoms with van der Waals surface area (Å²) in [6.45, 7) is 0. The summed E-state index contributed by atoms with van der Waals surface area (Å²) in [5.74, 6) is 0.0172. The Hall–Kier alpha value is -1.66. The molecule has 4 nitrogen and oxygen atoms in total. The van der Waals surface area contributed by atoms with Crippen LogP contribution in [-0.4, -0.2) is 21.7 Å². The Balaban J connectivity index is 1.60. The lowest BCUT2D eigenvalue weighted by molar-refractivity contribution is 0.0903. The van der Waals surface area contributed by atoms with Gasteiger partial charge in [-0.2, -0.15) is 5.10 Å². The topological polar surface area (TPSA) is 46.9 Å². The normalized spacial score (nSPS) is 26.8. The van der Waals surface area contributed by atoms with Gasteiger partial charge in [-0.05, 0) is 42.9 Å². The molecule has 0 radical (unpaired) electrons. The summed E-state index contributed by atoms with van der Waals surface area (Å²) in [5, 5.41) is 7.64. The van der Waals surface area contributed by atoms with Gasteiger partial charge in [-0.25, -0.2) is 8.78 Å². The number of amides is 1. The van der Waals surface area contributed by atoms with Gasteiger partial charge in [0.15, 0.2) is 0 Å². The van der Waals surface area contributed by atoms with Crippen molar-refractivity contribution in [2.45, 2.75) is 37.1 Å². The molecule has 1 N–H and O–H groups in total. The Morgan fingerprint density at radius 1 is 1.35 bits per heavy atom. The van der Waals surface area contributed by atoms with E-state index in [9.17, 15) is 13.6 Å². The van der Waals surface area contributed by atoms with Gasteiger partial charge in [-0.1, -0.05) is 29.3 Å². The van der Waals surface area contributed by atoms with Crippen molar-refractivity contribution >= 4 is 29.1 Å². The number of fused-ring (bicyclic) bond motifs is 1. The van der Waals surface area contributed by atoms with E-state index in [4.69, 9.17) is 23.2 Å². The van der Waals surface area contributed by atoms with E-state index in [0.717, 1.165) is 24.8 Å². The van der Waals surface area contributed by atoms with Crippen LogP contribution in [0.2, 0.25) is 10.0 Å². The van der Waals surface area contributed by atoms with Crippen molar-refractivity contribution in [1.29, 1.82) is 0 Å². The molecular formula is C18H17Cl2F2N3O. The summed E-state index contributed by atoms with van der Waals surface area (Å²) in [7, 11) is 1.52. The van der Waals surface area contributed by atoms with E-state index in [2.05, 4.69) is 10.4 Å². The molecule has 5 rings (SSSR count). The van der Waals surface area contributed by atoms with E-state index in [1.54, 1.807) is 6.07 Å². The van der Waals surface area contributed by atoms with Crippen molar-refractivity contribution in [2.75, 3.05) is 0 Å². The third-order valence-electron chi connectivity index (χ3n) is 5.65. The highest BCUT2D eigenvalue weighted by molar-refractivity contribution is 6.42. The summed E-state index contributed by atoms with van der Waals surface area (Å²) >= 11 is 12.2. The molecule has 1 amide bonds. The lowest BCUT2D eigenvalue weighted by Gasteiger charge is -2.42. The van der Waals surface area contributed by atoms with Crippen LogP contribution in [0.25, 0.3) is 0 Å². The van der Waals surface area contributed by atoms with Crippen LogP contribution in [0.5, 0.6) is 0 Å². The molecule has 3 fully saturated rings. The third kappa shape index (κ3) is 2.70. The molecule has 138 valence electrons. The van der Waals surface area contributed by atoms with Gasteiger partial charge in [0.2, 0.25) is 0 Å². The number of halogens is 4. The molecule has 0 aliphatic heterocycles. The SMILES string of the molecule is Cn1cc(C(=O)NC2CC3CC2(c2ccc(Cl)c(Cl)c2)C3)c(C(F)F)n1. The van der Waals surface area contributed by atoms with Crippen molar-refractivity contribution in [2.24, 2.45) is 13.0 Å². The summed E-state index contributed by atoms with van der Waals surface area (Å²) in [6, 6.07) is 5.42. The predicted molar refractivity (Wildman–Crippen MR) is 94.9 cm³/mol. The summed E-state index contributed by atoms with van der Waals surface area (Å²) in [5.41, 5.74) is 0.267. The molecule has 0 saturated heterocycles. The smallest absolute Gasteiger partial charge is 0.282 e. The van der Waals surface area contributed by atoms with E-state index >= 15 is 0 Å². The molecule has 2 aromatic rings. The number of nitrogens with zero attached hydrogens (tertiary/aromatic N) is 2. The molecule has 8 heteroatoms. The van der Waals surface area contributed by atoms with E-state index < -0.39 is 18.0 Å². The molecule has 2 bridgehead atoms. The van der Waals surface area contributed by atoms with Gasteiger partial charge in [0, 0.05) is 24.7 Å². The lowest BCUT2D eigenvalue weighted by atomic mass is 9.64. The van der Waals surface area contributed by atoms with Gasteiger partial charge in [-0.3, -0.25) is 9.48 Å². The van der Waals surface area contributed by atoms with Crippen LogP contribution in [0.3, 0.4) is 0 Å². The molecular weight excluding hydrogens is 383 g/mol. The molecule has 1 aromatic carbocycles. The van der Waals surface area contributed by atoms with E-state index in [1.165, 1.54) is 17.9 Å². The zero-order valence-corrected chi connectivity index (χ0v) is 15.5. The van der Waals surface area contributed by atoms with Crippen molar-refractivity contribution in [1.82, 2.24) is 15.1 Å². The molecule has 3 aliphatic carbocycles. The molecule has 3 aliphatic rings. The fraction of sp³-hybridized carbons (Fsp3) is 0.444. The van der Waals surface area contributed by atoms with Crippen LogP contribution in [0.1, 0.15) is 47.3 Å². The van der Waals surface area contributed by atoms with Gasteiger partial charge < -0.3 is 5.32 Å². The Labute approximate surface area is 159 Å². The van der Waals surface area contributed by atoms with Crippen LogP contribution in [0, 0.1) is 5.92 Å². The van der Waals surface area contributed by atoms with Gasteiger partial charge in [-0.15, -0.1) is 0 Å². The molecule has 1 aromatic heterocycles. The first-order valence-corrected chi connectivity index (χ1v) is 9.14. The van der Waals surface area contributed by atoms with E-state index in [1.807, 2.05) is 12.1 Å². The second-order valence-corrected chi connectivity index (χ2v) is 8.04. The van der Waals surface area contributed by atoms with Gasteiger partial charge in [0.05, 0.1) is 15.6 Å². The molecule has 26 heavy (non-hydrogen) atoms. The minimum absolute atomic E-state index is 0.0733. The maximum atomic E-state index is 13.1. The Morgan fingerprint density at radius 3 is 2.73 bits per heavy atom. The number of aryl methyl sites for hydroxylation is 1. The van der Waals surface area contributed by atoms with Crippen molar-refractivity contribution in [3.05, 3.63) is 51.3 Å². The number of hydrogen-bond acceptors (Lipinski definition) is 2. The first-order chi connectivity index (χ1) is 12.3. The molecule has 1 heterocycles. The lowest BCUT2D eigenvalue weighted by Crippen LogP contribution is -2.48. The quantitative estimate of drug-likeness (QED) is 0.821. The van der Waals surface area contributed by atoms with E-state index in [-0.39, 0.29) is 17.0 Å². The molecule has 3 saturated carbocycles. The summed E-state index contributed by atoms with van der Waals surface area (Å²) < 4.78 is 27.5. The Morgan fingerprint density at radius 2 is 2.08 bits per heavy atom. The third-order valence-corrected chi connectivity index (χ3v) is 6.39. The standard InChI is InChI=1S/C18H17Cl2F2N3O/c1-25-8-11(15(24-25)16(21)22)17(26)23-14-4-9-6-18(14,7-9)10-2-3-12(19)13(20)5-10/h2-3,5,8-9,14,16H,4,6-7H2,1H3,(H,23,26). The fourth-order valence-electron chi connectivity index (χ4n) is 4.50. The maximum absolute atomic E-state index is 13.1. The number of alkyl halides is 2.